The van der Waals surface area contributed by atoms with Crippen LogP contribution in [0.2, 0.25) is 0 Å². The lowest BCUT2D eigenvalue weighted by atomic mass is 10.1. The van der Waals surface area contributed by atoms with Crippen molar-refractivity contribution in [3.05, 3.63) is 11.7 Å². The number of nitrogens with zero attached hydrogens (tertiary/aromatic N) is 4. The highest BCUT2D eigenvalue weighted by Gasteiger charge is 2.26. The quantitative estimate of drug-likeness (QED) is 0.765. The van der Waals surface area contributed by atoms with Gasteiger partial charge < -0.3 is 9.26 Å². The largest absolute Gasteiger partial charge is 0.383 e. The molecule has 0 bridgehead atoms. The van der Waals surface area contributed by atoms with E-state index in [2.05, 4.69) is 26.9 Å². The van der Waals surface area contributed by atoms with E-state index in [0.29, 0.717) is 11.9 Å². The fourth-order valence-electron chi connectivity index (χ4n) is 2.60. The SMILES string of the molecule is CCC1CN(Cc2noc(C)n2)CCN1CCOC. The Morgan fingerprint density at radius 1 is 1.42 bits per heavy atom. The van der Waals surface area contributed by atoms with Crippen molar-refractivity contribution >= 4 is 0 Å². The highest BCUT2D eigenvalue weighted by molar-refractivity contribution is 4.88. The first-order chi connectivity index (χ1) is 9.22. The van der Waals surface area contributed by atoms with Crippen molar-refractivity contribution in [3.63, 3.8) is 0 Å². The molecule has 0 spiro atoms. The minimum absolute atomic E-state index is 0.594. The minimum atomic E-state index is 0.594. The van der Waals surface area contributed by atoms with Gasteiger partial charge in [0.25, 0.3) is 0 Å². The van der Waals surface area contributed by atoms with Crippen LogP contribution < -0.4 is 0 Å². The van der Waals surface area contributed by atoms with E-state index in [1.54, 1.807) is 7.11 Å². The first-order valence-corrected chi connectivity index (χ1v) is 6.97. The van der Waals surface area contributed by atoms with E-state index in [9.17, 15) is 0 Å². The number of hydrogen-bond acceptors (Lipinski definition) is 6. The van der Waals surface area contributed by atoms with E-state index in [4.69, 9.17) is 9.26 Å². The molecule has 19 heavy (non-hydrogen) atoms. The van der Waals surface area contributed by atoms with Gasteiger partial charge in [0.2, 0.25) is 5.89 Å². The van der Waals surface area contributed by atoms with Crippen LogP contribution in [0.1, 0.15) is 25.1 Å². The molecular formula is C13H24N4O2. The second-order valence-electron chi connectivity index (χ2n) is 5.06. The lowest BCUT2D eigenvalue weighted by Crippen LogP contribution is -2.53. The molecule has 1 atom stereocenters. The summed E-state index contributed by atoms with van der Waals surface area (Å²) in [7, 11) is 1.76. The van der Waals surface area contributed by atoms with Gasteiger partial charge in [-0.15, -0.1) is 0 Å². The van der Waals surface area contributed by atoms with Crippen molar-refractivity contribution < 1.29 is 9.26 Å². The molecule has 2 rings (SSSR count). The number of aromatic nitrogens is 2. The molecule has 6 nitrogen and oxygen atoms in total. The van der Waals surface area contributed by atoms with E-state index in [1.807, 2.05) is 6.92 Å². The lowest BCUT2D eigenvalue weighted by Gasteiger charge is -2.40. The summed E-state index contributed by atoms with van der Waals surface area (Å²) in [6.45, 7) is 9.87. The zero-order chi connectivity index (χ0) is 13.7. The molecule has 1 saturated heterocycles. The average molecular weight is 268 g/mol. The zero-order valence-electron chi connectivity index (χ0n) is 12.1. The molecule has 1 aliphatic rings. The van der Waals surface area contributed by atoms with Crippen LogP contribution in [0.25, 0.3) is 0 Å². The van der Waals surface area contributed by atoms with Crippen molar-refractivity contribution in [2.24, 2.45) is 0 Å². The number of hydrogen-bond donors (Lipinski definition) is 0. The molecule has 0 saturated carbocycles. The third kappa shape index (κ3) is 3.99. The smallest absolute Gasteiger partial charge is 0.223 e. The number of ether oxygens (including phenoxy) is 1. The molecule has 0 radical (unpaired) electrons. The fourth-order valence-corrected chi connectivity index (χ4v) is 2.60. The Morgan fingerprint density at radius 3 is 2.89 bits per heavy atom. The first-order valence-electron chi connectivity index (χ1n) is 6.97. The van der Waals surface area contributed by atoms with E-state index >= 15 is 0 Å². The second-order valence-corrected chi connectivity index (χ2v) is 5.06. The fraction of sp³-hybridized carbons (Fsp3) is 0.846. The van der Waals surface area contributed by atoms with Crippen molar-refractivity contribution in [1.29, 1.82) is 0 Å². The molecule has 1 aliphatic heterocycles. The van der Waals surface area contributed by atoms with Gasteiger partial charge in [-0.25, -0.2) is 0 Å². The van der Waals surface area contributed by atoms with Gasteiger partial charge in [-0.05, 0) is 6.42 Å². The van der Waals surface area contributed by atoms with Crippen LogP contribution in [0.4, 0.5) is 0 Å². The number of piperazine rings is 1. The molecule has 108 valence electrons. The number of aryl methyl sites for hydroxylation is 1. The predicted octanol–water partition coefficient (Wildman–Crippen LogP) is 0.921. The monoisotopic (exact) mass is 268 g/mol. The summed E-state index contributed by atoms with van der Waals surface area (Å²) >= 11 is 0. The van der Waals surface area contributed by atoms with E-state index < -0.39 is 0 Å². The molecule has 0 aromatic carbocycles. The van der Waals surface area contributed by atoms with E-state index in [1.165, 1.54) is 0 Å². The highest BCUT2D eigenvalue weighted by Crippen LogP contribution is 2.14. The maximum Gasteiger partial charge on any atom is 0.223 e. The Morgan fingerprint density at radius 2 is 2.26 bits per heavy atom. The van der Waals surface area contributed by atoms with Gasteiger partial charge in [-0.2, -0.15) is 4.98 Å². The normalized spacial score (nSPS) is 21.9. The summed E-state index contributed by atoms with van der Waals surface area (Å²) in [6, 6.07) is 0.594. The number of rotatable bonds is 6. The van der Waals surface area contributed by atoms with Crippen LogP contribution in [0, 0.1) is 6.92 Å². The third-order valence-electron chi connectivity index (χ3n) is 3.68. The molecule has 0 aliphatic carbocycles. The Balaban J connectivity index is 1.85. The maximum absolute atomic E-state index is 5.17. The summed E-state index contributed by atoms with van der Waals surface area (Å²) in [5.74, 6) is 1.43. The van der Waals surface area contributed by atoms with Gasteiger partial charge in [0.05, 0.1) is 13.2 Å². The Kier molecular flexibility index (Phi) is 5.30. The zero-order valence-corrected chi connectivity index (χ0v) is 12.1. The van der Waals surface area contributed by atoms with Gasteiger partial charge in [-0.3, -0.25) is 9.80 Å². The lowest BCUT2D eigenvalue weighted by molar-refractivity contribution is 0.0452. The molecule has 1 aromatic rings. The van der Waals surface area contributed by atoms with Crippen molar-refractivity contribution in [2.75, 3.05) is 39.9 Å². The molecule has 1 unspecified atom stereocenters. The highest BCUT2D eigenvalue weighted by atomic mass is 16.5. The molecule has 1 fully saturated rings. The molecule has 2 heterocycles. The van der Waals surface area contributed by atoms with Crippen molar-refractivity contribution in [2.45, 2.75) is 32.9 Å². The Hall–Kier alpha value is -0.980. The van der Waals surface area contributed by atoms with Crippen LogP contribution in [-0.2, 0) is 11.3 Å². The Bertz CT molecular complexity index is 382. The molecule has 6 heteroatoms. The Labute approximate surface area is 114 Å². The van der Waals surface area contributed by atoms with Crippen molar-refractivity contribution in [3.8, 4) is 0 Å². The second kappa shape index (κ2) is 6.98. The van der Waals surface area contributed by atoms with Crippen LogP contribution >= 0.6 is 0 Å². The van der Waals surface area contributed by atoms with Gasteiger partial charge in [0.15, 0.2) is 5.82 Å². The predicted molar refractivity (Wildman–Crippen MR) is 71.8 cm³/mol. The standard InChI is InChI=1S/C13H24N4O2/c1-4-12-9-16(5-6-17(12)7-8-18-3)10-13-14-11(2)19-15-13/h12H,4-10H2,1-3H3. The maximum atomic E-state index is 5.17. The third-order valence-corrected chi connectivity index (χ3v) is 3.68. The molecular weight excluding hydrogens is 244 g/mol. The molecule has 0 amide bonds. The minimum Gasteiger partial charge on any atom is -0.383 e. The topological polar surface area (TPSA) is 54.6 Å². The summed E-state index contributed by atoms with van der Waals surface area (Å²) in [5.41, 5.74) is 0. The van der Waals surface area contributed by atoms with Gasteiger partial charge in [0.1, 0.15) is 0 Å². The van der Waals surface area contributed by atoms with Crippen LogP contribution in [0.3, 0.4) is 0 Å². The summed E-state index contributed by atoms with van der Waals surface area (Å²) in [6.07, 6.45) is 1.16. The van der Waals surface area contributed by atoms with Gasteiger partial charge in [-0.1, -0.05) is 12.1 Å². The molecule has 0 N–H and O–H groups in total. The van der Waals surface area contributed by atoms with Crippen LogP contribution in [0.15, 0.2) is 4.52 Å². The summed E-state index contributed by atoms with van der Waals surface area (Å²) in [4.78, 5) is 9.19. The van der Waals surface area contributed by atoms with E-state index in [-0.39, 0.29) is 0 Å². The summed E-state index contributed by atoms with van der Waals surface area (Å²) < 4.78 is 10.2. The molecule has 1 aromatic heterocycles. The van der Waals surface area contributed by atoms with Crippen LogP contribution in [0.5, 0.6) is 0 Å². The van der Waals surface area contributed by atoms with Crippen molar-refractivity contribution in [1.82, 2.24) is 19.9 Å². The average Bonchev–Trinajstić information content (AvgIpc) is 2.82. The number of methoxy groups -OCH3 is 1. The van der Waals surface area contributed by atoms with Gasteiger partial charge in [0, 0.05) is 46.3 Å². The van der Waals surface area contributed by atoms with Crippen LogP contribution in [-0.4, -0.2) is 65.9 Å². The first kappa shape index (κ1) is 14.4. The van der Waals surface area contributed by atoms with E-state index in [0.717, 1.165) is 51.6 Å². The summed E-state index contributed by atoms with van der Waals surface area (Å²) in [5, 5.41) is 3.97. The van der Waals surface area contributed by atoms with Gasteiger partial charge >= 0.3 is 0 Å².